The summed E-state index contributed by atoms with van der Waals surface area (Å²) >= 11 is 1.84. The number of carbonyl (C=O) groups excluding carboxylic acids is 1. The average molecular weight is 376 g/mol. The minimum atomic E-state index is -0.583. The Bertz CT molecular complexity index is 815. The Morgan fingerprint density at radius 1 is 1.23 bits per heavy atom. The predicted molar refractivity (Wildman–Crippen MR) is 104 cm³/mol. The van der Waals surface area contributed by atoms with E-state index in [2.05, 4.69) is 11.2 Å². The molecule has 1 aliphatic heterocycles. The molecule has 0 saturated carbocycles. The first kappa shape index (κ1) is 18.8. The molecule has 1 aromatic carbocycles. The Balaban J connectivity index is 1.58. The van der Waals surface area contributed by atoms with E-state index >= 15 is 0 Å². The number of piperazine rings is 1. The predicted octanol–water partition coefficient (Wildman–Crippen LogP) is 2.07. The number of hydrogen-bond donors (Lipinski definition) is 0. The third kappa shape index (κ3) is 4.59. The van der Waals surface area contributed by atoms with Crippen molar-refractivity contribution < 1.29 is 13.9 Å². The lowest BCUT2D eigenvalue weighted by molar-refractivity contribution is -0.139. The molecule has 2 aromatic rings. The number of fused-ring (bicyclic) bond motifs is 1. The van der Waals surface area contributed by atoms with Crippen molar-refractivity contribution in [1.29, 1.82) is 0 Å². The summed E-state index contributed by atoms with van der Waals surface area (Å²) in [5.41, 5.74) is 0.0511. The molecule has 0 spiro atoms. The minimum absolute atomic E-state index is 0.0101. The van der Waals surface area contributed by atoms with Gasteiger partial charge < -0.3 is 14.1 Å². The van der Waals surface area contributed by atoms with E-state index < -0.39 is 11.7 Å². The topological polar surface area (TPSA) is 63.0 Å². The first-order valence-electron chi connectivity index (χ1n) is 8.77. The van der Waals surface area contributed by atoms with Crippen LogP contribution in [0.5, 0.6) is 5.75 Å². The Morgan fingerprint density at radius 3 is 2.69 bits per heavy atom. The lowest BCUT2D eigenvalue weighted by Crippen LogP contribution is -2.52. The number of rotatable bonds is 6. The van der Waals surface area contributed by atoms with Crippen LogP contribution in [0.25, 0.3) is 11.0 Å². The second-order valence-electron chi connectivity index (χ2n) is 6.37. The van der Waals surface area contributed by atoms with E-state index in [4.69, 9.17) is 9.15 Å². The van der Waals surface area contributed by atoms with Gasteiger partial charge in [0.25, 0.3) is 5.91 Å². The molecular weight excluding hydrogens is 352 g/mol. The first-order valence-corrected chi connectivity index (χ1v) is 10.2. The molecule has 1 amide bonds. The van der Waals surface area contributed by atoms with Gasteiger partial charge in [-0.15, -0.1) is 0 Å². The van der Waals surface area contributed by atoms with Crippen LogP contribution >= 0.6 is 11.8 Å². The highest BCUT2D eigenvalue weighted by Gasteiger charge is 2.25. The number of hydrogen-bond acceptors (Lipinski definition) is 6. The van der Waals surface area contributed by atoms with Crippen molar-refractivity contribution in [3.05, 3.63) is 40.8 Å². The summed E-state index contributed by atoms with van der Waals surface area (Å²) in [5.74, 6) is 1.63. The summed E-state index contributed by atoms with van der Waals surface area (Å²) in [6.07, 6.45) is 1.53. The standard InChI is InChI=1S/C19H24N2O4S/c1-14(19(23)21-9-7-20(8-10-21)11-12-26-2)24-16-5-3-15-4-6-18(22)25-17(15)13-16/h3-6,13-14H,7-12H2,1-2H3. The Kier molecular flexibility index (Phi) is 6.21. The molecule has 0 N–H and O–H groups in total. The summed E-state index contributed by atoms with van der Waals surface area (Å²) in [7, 11) is 0. The number of thioether (sulfide) groups is 1. The molecular formula is C19H24N2O4S. The van der Waals surface area contributed by atoms with E-state index in [1.54, 1.807) is 25.1 Å². The zero-order chi connectivity index (χ0) is 18.5. The Labute approximate surface area is 157 Å². The molecule has 7 heteroatoms. The highest BCUT2D eigenvalue weighted by molar-refractivity contribution is 7.98. The van der Waals surface area contributed by atoms with Crippen molar-refractivity contribution in [3.8, 4) is 5.75 Å². The zero-order valence-electron chi connectivity index (χ0n) is 15.1. The van der Waals surface area contributed by atoms with Crippen LogP contribution in [0.15, 0.2) is 39.5 Å². The molecule has 140 valence electrons. The number of carbonyl (C=O) groups is 1. The van der Waals surface area contributed by atoms with Gasteiger partial charge in [0.05, 0.1) is 0 Å². The molecule has 1 saturated heterocycles. The smallest absolute Gasteiger partial charge is 0.336 e. The molecule has 0 radical (unpaired) electrons. The van der Waals surface area contributed by atoms with Crippen molar-refractivity contribution in [1.82, 2.24) is 9.80 Å². The summed E-state index contributed by atoms with van der Waals surface area (Å²) in [6, 6.07) is 8.34. The molecule has 2 heterocycles. The molecule has 1 aromatic heterocycles. The van der Waals surface area contributed by atoms with E-state index in [9.17, 15) is 9.59 Å². The van der Waals surface area contributed by atoms with Gasteiger partial charge in [-0.2, -0.15) is 11.8 Å². The van der Waals surface area contributed by atoms with Crippen molar-refractivity contribution in [2.24, 2.45) is 0 Å². The maximum atomic E-state index is 12.6. The van der Waals surface area contributed by atoms with Crippen LogP contribution in [-0.2, 0) is 4.79 Å². The quantitative estimate of drug-likeness (QED) is 0.719. The molecule has 0 aliphatic carbocycles. The second kappa shape index (κ2) is 8.60. The molecule has 1 atom stereocenters. The highest BCUT2D eigenvalue weighted by Crippen LogP contribution is 2.21. The van der Waals surface area contributed by atoms with Crippen molar-refractivity contribution in [3.63, 3.8) is 0 Å². The van der Waals surface area contributed by atoms with Crippen molar-refractivity contribution >= 4 is 28.6 Å². The fourth-order valence-corrected chi connectivity index (χ4v) is 3.48. The van der Waals surface area contributed by atoms with Crippen LogP contribution < -0.4 is 10.4 Å². The Morgan fingerprint density at radius 2 is 1.96 bits per heavy atom. The zero-order valence-corrected chi connectivity index (χ0v) is 16.0. The number of nitrogens with zero attached hydrogens (tertiary/aromatic N) is 2. The monoisotopic (exact) mass is 376 g/mol. The van der Waals surface area contributed by atoms with Crippen molar-refractivity contribution in [2.75, 3.05) is 44.7 Å². The second-order valence-corrected chi connectivity index (χ2v) is 7.36. The van der Waals surface area contributed by atoms with Crippen LogP contribution in [0.4, 0.5) is 0 Å². The SMILES string of the molecule is CSCCN1CCN(C(=O)C(C)Oc2ccc3ccc(=O)oc3c2)CC1. The highest BCUT2D eigenvalue weighted by atomic mass is 32.2. The molecule has 1 unspecified atom stereocenters. The number of ether oxygens (including phenoxy) is 1. The number of benzene rings is 1. The lowest BCUT2D eigenvalue weighted by atomic mass is 10.2. The lowest BCUT2D eigenvalue weighted by Gasteiger charge is -2.35. The fraction of sp³-hybridized carbons (Fsp3) is 0.474. The molecule has 26 heavy (non-hydrogen) atoms. The summed E-state index contributed by atoms with van der Waals surface area (Å²) < 4.78 is 11.0. The van der Waals surface area contributed by atoms with Gasteiger partial charge in [0, 0.05) is 56.0 Å². The van der Waals surface area contributed by atoms with Gasteiger partial charge in [0.2, 0.25) is 0 Å². The van der Waals surface area contributed by atoms with Crippen LogP contribution in [-0.4, -0.2) is 66.5 Å². The number of amides is 1. The van der Waals surface area contributed by atoms with Gasteiger partial charge in [-0.1, -0.05) is 0 Å². The van der Waals surface area contributed by atoms with Crippen LogP contribution in [0.1, 0.15) is 6.92 Å². The third-order valence-electron chi connectivity index (χ3n) is 4.55. The summed E-state index contributed by atoms with van der Waals surface area (Å²) in [5, 5.41) is 0.817. The van der Waals surface area contributed by atoms with E-state index in [1.807, 2.05) is 22.7 Å². The van der Waals surface area contributed by atoms with Gasteiger partial charge in [-0.05, 0) is 31.4 Å². The normalized spacial score (nSPS) is 16.6. The molecule has 3 rings (SSSR count). The van der Waals surface area contributed by atoms with Gasteiger partial charge in [-0.3, -0.25) is 9.69 Å². The molecule has 0 bridgehead atoms. The minimum Gasteiger partial charge on any atom is -0.481 e. The molecule has 6 nitrogen and oxygen atoms in total. The maximum absolute atomic E-state index is 12.6. The fourth-order valence-electron chi connectivity index (χ4n) is 3.04. The Hall–Kier alpha value is -1.99. The van der Waals surface area contributed by atoms with Crippen LogP contribution in [0.2, 0.25) is 0 Å². The van der Waals surface area contributed by atoms with Gasteiger partial charge in [0.15, 0.2) is 6.10 Å². The first-order chi connectivity index (χ1) is 12.6. The summed E-state index contributed by atoms with van der Waals surface area (Å²) in [4.78, 5) is 28.2. The average Bonchev–Trinajstić information content (AvgIpc) is 2.65. The maximum Gasteiger partial charge on any atom is 0.336 e. The van der Waals surface area contributed by atoms with E-state index in [-0.39, 0.29) is 5.91 Å². The largest absolute Gasteiger partial charge is 0.481 e. The molecule has 1 fully saturated rings. The van der Waals surface area contributed by atoms with E-state index in [1.165, 1.54) is 6.07 Å². The van der Waals surface area contributed by atoms with Gasteiger partial charge in [0.1, 0.15) is 11.3 Å². The van der Waals surface area contributed by atoms with Crippen molar-refractivity contribution in [2.45, 2.75) is 13.0 Å². The van der Waals surface area contributed by atoms with Crippen LogP contribution in [0, 0.1) is 0 Å². The van der Waals surface area contributed by atoms with E-state index in [0.29, 0.717) is 11.3 Å². The van der Waals surface area contributed by atoms with Gasteiger partial charge >= 0.3 is 5.63 Å². The van der Waals surface area contributed by atoms with Crippen LogP contribution in [0.3, 0.4) is 0 Å². The van der Waals surface area contributed by atoms with Gasteiger partial charge in [-0.25, -0.2) is 4.79 Å². The van der Waals surface area contributed by atoms with E-state index in [0.717, 1.165) is 43.9 Å². The third-order valence-corrected chi connectivity index (χ3v) is 5.14. The summed E-state index contributed by atoms with van der Waals surface area (Å²) in [6.45, 7) is 6.09. The molecule has 1 aliphatic rings.